The summed E-state index contributed by atoms with van der Waals surface area (Å²) in [4.78, 5) is 25.2. The van der Waals surface area contributed by atoms with Gasteiger partial charge in [-0.25, -0.2) is 5.43 Å². The van der Waals surface area contributed by atoms with Gasteiger partial charge in [-0.3, -0.25) is 9.59 Å². The van der Waals surface area contributed by atoms with Gasteiger partial charge in [0.2, 0.25) is 0 Å². The third kappa shape index (κ3) is 5.39. The molecular formula is C23H23N3O2S. The number of carbonyl (C=O) groups excluding carboxylic acids is 2. The number of nitrogens with zero attached hydrogens (tertiary/aromatic N) is 1. The van der Waals surface area contributed by atoms with Crippen LogP contribution in [0.25, 0.3) is 0 Å². The Balaban J connectivity index is 1.66. The first-order valence-corrected chi connectivity index (χ1v) is 10.2. The van der Waals surface area contributed by atoms with Crippen molar-refractivity contribution in [1.29, 1.82) is 0 Å². The van der Waals surface area contributed by atoms with Gasteiger partial charge in [0.15, 0.2) is 0 Å². The number of carbonyl (C=O) groups is 2. The van der Waals surface area contributed by atoms with Gasteiger partial charge in [-0.05, 0) is 59.7 Å². The van der Waals surface area contributed by atoms with Crippen molar-refractivity contribution in [2.75, 3.05) is 5.32 Å². The van der Waals surface area contributed by atoms with Crippen LogP contribution in [0.3, 0.4) is 0 Å². The van der Waals surface area contributed by atoms with E-state index in [1.807, 2.05) is 54.8 Å². The summed E-state index contributed by atoms with van der Waals surface area (Å²) < 4.78 is 0. The molecule has 2 N–H and O–H groups in total. The van der Waals surface area contributed by atoms with E-state index in [1.165, 1.54) is 16.9 Å². The zero-order valence-corrected chi connectivity index (χ0v) is 17.4. The predicted molar refractivity (Wildman–Crippen MR) is 119 cm³/mol. The quantitative estimate of drug-likeness (QED) is 0.433. The Labute approximate surface area is 174 Å². The molecular weight excluding hydrogens is 382 g/mol. The molecule has 5 nitrogen and oxygen atoms in total. The van der Waals surface area contributed by atoms with Crippen molar-refractivity contribution in [3.63, 3.8) is 0 Å². The number of rotatable bonds is 6. The maximum Gasteiger partial charge on any atom is 0.271 e. The fourth-order valence-corrected chi connectivity index (χ4v) is 3.32. The molecule has 0 saturated carbocycles. The van der Waals surface area contributed by atoms with E-state index in [1.54, 1.807) is 18.2 Å². The Morgan fingerprint density at radius 3 is 2.34 bits per heavy atom. The Bertz CT molecular complexity index is 1020. The van der Waals surface area contributed by atoms with E-state index in [0.29, 0.717) is 27.8 Å². The van der Waals surface area contributed by atoms with E-state index in [0.717, 1.165) is 5.56 Å². The average molecular weight is 406 g/mol. The van der Waals surface area contributed by atoms with Crippen molar-refractivity contribution >= 4 is 34.6 Å². The highest BCUT2D eigenvalue weighted by atomic mass is 32.1. The maximum absolute atomic E-state index is 12.3. The van der Waals surface area contributed by atoms with Crippen molar-refractivity contribution in [2.24, 2.45) is 5.10 Å². The molecule has 0 atom stereocenters. The number of thiophene rings is 1. The van der Waals surface area contributed by atoms with Crippen molar-refractivity contribution in [1.82, 2.24) is 5.43 Å². The lowest BCUT2D eigenvalue weighted by Crippen LogP contribution is -2.19. The molecule has 1 heterocycles. The number of hydrogen-bond acceptors (Lipinski definition) is 4. The number of anilines is 1. The molecule has 0 fully saturated rings. The molecule has 0 saturated heterocycles. The van der Waals surface area contributed by atoms with Gasteiger partial charge in [-0.15, -0.1) is 11.3 Å². The number of nitrogens with one attached hydrogen (secondary N) is 2. The second-order valence-electron chi connectivity index (χ2n) is 6.93. The summed E-state index contributed by atoms with van der Waals surface area (Å²) in [5, 5.41) is 8.94. The first-order chi connectivity index (χ1) is 13.9. The summed E-state index contributed by atoms with van der Waals surface area (Å²) in [6, 6.07) is 18.5. The number of hydrogen-bond donors (Lipinski definition) is 2. The van der Waals surface area contributed by atoms with Gasteiger partial charge in [0.25, 0.3) is 11.8 Å². The fraction of sp³-hybridized carbons (Fsp3) is 0.174. The monoisotopic (exact) mass is 405 g/mol. The Morgan fingerprint density at radius 2 is 1.69 bits per heavy atom. The van der Waals surface area contributed by atoms with Crippen LogP contribution in [-0.2, 0) is 0 Å². The normalized spacial score (nSPS) is 11.4. The van der Waals surface area contributed by atoms with Crippen LogP contribution >= 0.6 is 11.3 Å². The van der Waals surface area contributed by atoms with E-state index in [2.05, 4.69) is 29.7 Å². The van der Waals surface area contributed by atoms with E-state index >= 15 is 0 Å². The van der Waals surface area contributed by atoms with Crippen molar-refractivity contribution in [3.8, 4) is 0 Å². The minimum Gasteiger partial charge on any atom is -0.321 e. The van der Waals surface area contributed by atoms with Crippen LogP contribution in [0.15, 0.2) is 71.1 Å². The number of hydrazone groups is 1. The molecule has 29 heavy (non-hydrogen) atoms. The first-order valence-electron chi connectivity index (χ1n) is 9.34. The minimum atomic E-state index is -0.262. The van der Waals surface area contributed by atoms with Crippen LogP contribution < -0.4 is 10.7 Å². The molecule has 0 radical (unpaired) electrons. The Hall–Kier alpha value is -3.25. The SMILES string of the molecule is C/C(=N\NC(=O)c1ccc(C(C)C)cc1)c1cccc(NC(=O)c2cccs2)c1. The second kappa shape index (κ2) is 9.30. The van der Waals surface area contributed by atoms with Gasteiger partial charge in [0, 0.05) is 11.3 Å². The van der Waals surface area contributed by atoms with Crippen LogP contribution in [0, 0.1) is 0 Å². The largest absolute Gasteiger partial charge is 0.321 e. The van der Waals surface area contributed by atoms with E-state index < -0.39 is 0 Å². The predicted octanol–water partition coefficient (Wildman–Crippen LogP) is 5.28. The summed E-state index contributed by atoms with van der Waals surface area (Å²) in [6.45, 7) is 6.03. The molecule has 0 unspecified atom stereocenters. The highest BCUT2D eigenvalue weighted by molar-refractivity contribution is 7.12. The Kier molecular flexibility index (Phi) is 6.57. The van der Waals surface area contributed by atoms with Gasteiger partial charge < -0.3 is 5.32 Å². The molecule has 2 amide bonds. The van der Waals surface area contributed by atoms with Crippen LogP contribution in [0.1, 0.15) is 57.8 Å². The summed E-state index contributed by atoms with van der Waals surface area (Å²) in [5.41, 5.74) is 6.46. The average Bonchev–Trinajstić information content (AvgIpc) is 3.27. The molecule has 3 aromatic rings. The van der Waals surface area contributed by atoms with E-state index in [-0.39, 0.29) is 11.8 Å². The summed E-state index contributed by atoms with van der Waals surface area (Å²) >= 11 is 1.39. The number of benzene rings is 2. The molecule has 148 valence electrons. The molecule has 0 aliphatic heterocycles. The molecule has 2 aromatic carbocycles. The maximum atomic E-state index is 12.3. The van der Waals surface area contributed by atoms with Gasteiger partial charge in [-0.2, -0.15) is 5.10 Å². The Morgan fingerprint density at radius 1 is 0.931 bits per heavy atom. The standard InChI is InChI=1S/C23H23N3O2S/c1-15(2)17-9-11-18(12-10-17)22(27)26-25-16(3)19-6-4-7-20(14-19)24-23(28)21-8-5-13-29-21/h4-15H,1-3H3,(H,24,28)(H,26,27)/b25-16+. The fourth-order valence-electron chi connectivity index (χ4n) is 2.71. The number of amides is 2. The van der Waals surface area contributed by atoms with E-state index in [9.17, 15) is 9.59 Å². The lowest BCUT2D eigenvalue weighted by Gasteiger charge is -2.08. The molecule has 1 aromatic heterocycles. The topological polar surface area (TPSA) is 70.6 Å². The molecule has 3 rings (SSSR count). The van der Waals surface area contributed by atoms with Gasteiger partial charge in [0.05, 0.1) is 10.6 Å². The van der Waals surface area contributed by atoms with Gasteiger partial charge in [-0.1, -0.05) is 44.2 Å². The zero-order valence-electron chi connectivity index (χ0n) is 16.6. The molecule has 0 aliphatic carbocycles. The third-order valence-corrected chi connectivity index (χ3v) is 5.32. The van der Waals surface area contributed by atoms with Crippen molar-refractivity contribution < 1.29 is 9.59 Å². The lowest BCUT2D eigenvalue weighted by atomic mass is 10.0. The van der Waals surface area contributed by atoms with Crippen molar-refractivity contribution in [2.45, 2.75) is 26.7 Å². The zero-order chi connectivity index (χ0) is 20.8. The molecule has 0 bridgehead atoms. The van der Waals surface area contributed by atoms with Crippen LogP contribution in [-0.4, -0.2) is 17.5 Å². The van der Waals surface area contributed by atoms with Crippen LogP contribution in [0.4, 0.5) is 5.69 Å². The van der Waals surface area contributed by atoms with Crippen molar-refractivity contribution in [3.05, 3.63) is 87.6 Å². The minimum absolute atomic E-state index is 0.148. The molecule has 0 spiro atoms. The van der Waals surface area contributed by atoms with Gasteiger partial charge in [0.1, 0.15) is 0 Å². The second-order valence-corrected chi connectivity index (χ2v) is 7.87. The lowest BCUT2D eigenvalue weighted by molar-refractivity contribution is 0.0954. The first kappa shape index (κ1) is 20.5. The van der Waals surface area contributed by atoms with E-state index in [4.69, 9.17) is 0 Å². The summed E-state index contributed by atoms with van der Waals surface area (Å²) in [5.74, 6) is 0.00617. The third-order valence-electron chi connectivity index (χ3n) is 4.45. The van der Waals surface area contributed by atoms with Crippen LogP contribution in [0.2, 0.25) is 0 Å². The highest BCUT2D eigenvalue weighted by Crippen LogP contribution is 2.16. The molecule has 0 aliphatic rings. The van der Waals surface area contributed by atoms with Gasteiger partial charge >= 0.3 is 0 Å². The molecule has 6 heteroatoms. The smallest absolute Gasteiger partial charge is 0.271 e. The summed E-state index contributed by atoms with van der Waals surface area (Å²) in [6.07, 6.45) is 0. The highest BCUT2D eigenvalue weighted by Gasteiger charge is 2.09. The summed E-state index contributed by atoms with van der Waals surface area (Å²) in [7, 11) is 0. The van der Waals surface area contributed by atoms with Crippen LogP contribution in [0.5, 0.6) is 0 Å².